The van der Waals surface area contributed by atoms with Crippen molar-refractivity contribution in [2.75, 3.05) is 11.2 Å². The van der Waals surface area contributed by atoms with Gasteiger partial charge in [-0.1, -0.05) is 12.1 Å². The largest absolute Gasteiger partial charge is 0.322 e. The Labute approximate surface area is 111 Å². The van der Waals surface area contributed by atoms with Gasteiger partial charge in [0.1, 0.15) is 0 Å². The van der Waals surface area contributed by atoms with Gasteiger partial charge < -0.3 is 5.32 Å². The van der Waals surface area contributed by atoms with E-state index in [9.17, 15) is 4.79 Å². The number of carbonyl (C=O) groups excluding carboxylic acids is 1. The van der Waals surface area contributed by atoms with Crippen molar-refractivity contribution < 1.29 is 4.79 Å². The Bertz CT molecular complexity index is 511. The number of hydrogen-bond acceptors (Lipinski definition) is 2. The van der Waals surface area contributed by atoms with E-state index in [0.717, 1.165) is 17.7 Å². The van der Waals surface area contributed by atoms with Crippen molar-refractivity contribution in [3.05, 3.63) is 59.9 Å². The van der Waals surface area contributed by atoms with E-state index in [1.165, 1.54) is 0 Å². The highest BCUT2D eigenvalue weighted by atomic mass is 35.5. The molecule has 0 spiro atoms. The second kappa shape index (κ2) is 6.17. The van der Waals surface area contributed by atoms with Gasteiger partial charge in [-0.2, -0.15) is 0 Å². The minimum atomic E-state index is -0.137. The number of aromatic nitrogens is 1. The third-order valence-electron chi connectivity index (χ3n) is 2.54. The highest BCUT2D eigenvalue weighted by Crippen LogP contribution is 2.12. The first-order valence-corrected chi connectivity index (χ1v) is 6.19. The predicted molar refractivity (Wildman–Crippen MR) is 73.1 cm³/mol. The van der Waals surface area contributed by atoms with Gasteiger partial charge in [0.2, 0.25) is 0 Å². The fourth-order valence-corrected chi connectivity index (χ4v) is 1.79. The molecule has 2 rings (SSSR count). The smallest absolute Gasteiger partial charge is 0.255 e. The highest BCUT2D eigenvalue weighted by Gasteiger charge is 2.04. The first-order valence-electron chi connectivity index (χ1n) is 5.66. The van der Waals surface area contributed by atoms with Crippen LogP contribution in [0, 0.1) is 0 Å². The molecule has 0 radical (unpaired) electrons. The van der Waals surface area contributed by atoms with E-state index in [1.54, 1.807) is 24.5 Å². The van der Waals surface area contributed by atoms with Crippen molar-refractivity contribution in [2.45, 2.75) is 6.42 Å². The van der Waals surface area contributed by atoms with E-state index in [2.05, 4.69) is 10.3 Å². The molecule has 1 amide bonds. The quantitative estimate of drug-likeness (QED) is 0.859. The number of halogens is 1. The number of benzene rings is 1. The average molecular weight is 261 g/mol. The molecule has 1 aromatic carbocycles. The predicted octanol–water partition coefficient (Wildman–Crippen LogP) is 3.12. The van der Waals surface area contributed by atoms with Crippen molar-refractivity contribution >= 4 is 23.2 Å². The molecule has 1 N–H and O–H groups in total. The van der Waals surface area contributed by atoms with Gasteiger partial charge >= 0.3 is 0 Å². The maximum atomic E-state index is 11.9. The van der Waals surface area contributed by atoms with E-state index < -0.39 is 0 Å². The van der Waals surface area contributed by atoms with E-state index in [0.29, 0.717) is 11.4 Å². The molecule has 0 saturated heterocycles. The molecule has 0 atom stereocenters. The van der Waals surface area contributed by atoms with Crippen LogP contribution in [0.5, 0.6) is 0 Å². The Hall–Kier alpha value is -1.87. The number of alkyl halides is 1. The SMILES string of the molecule is O=C(Nc1ccc(CCCl)cc1)c1ccncc1. The molecule has 3 nitrogen and oxygen atoms in total. The molecule has 0 aliphatic heterocycles. The molecule has 0 fully saturated rings. The Morgan fingerprint density at radius 2 is 1.78 bits per heavy atom. The summed E-state index contributed by atoms with van der Waals surface area (Å²) in [5, 5.41) is 2.83. The van der Waals surface area contributed by atoms with Crippen LogP contribution in [0.25, 0.3) is 0 Å². The Morgan fingerprint density at radius 1 is 1.11 bits per heavy atom. The van der Waals surface area contributed by atoms with Gasteiger partial charge in [0.25, 0.3) is 5.91 Å². The summed E-state index contributed by atoms with van der Waals surface area (Å²) in [5.41, 5.74) is 2.52. The first-order chi connectivity index (χ1) is 8.79. The fourth-order valence-electron chi connectivity index (χ4n) is 1.57. The standard InChI is InChI=1S/C14H13ClN2O/c15-8-5-11-1-3-13(4-2-11)17-14(18)12-6-9-16-10-7-12/h1-4,6-7,9-10H,5,8H2,(H,17,18). The summed E-state index contributed by atoms with van der Waals surface area (Å²) in [6, 6.07) is 11.0. The lowest BCUT2D eigenvalue weighted by molar-refractivity contribution is 0.102. The number of carbonyl (C=O) groups is 1. The van der Waals surface area contributed by atoms with Crippen molar-refractivity contribution in [3.63, 3.8) is 0 Å². The summed E-state index contributed by atoms with van der Waals surface area (Å²) < 4.78 is 0. The Balaban J connectivity index is 2.03. The molecule has 1 aromatic heterocycles. The first kappa shape index (κ1) is 12.6. The molecule has 1 heterocycles. The number of anilines is 1. The second-order valence-electron chi connectivity index (χ2n) is 3.83. The van der Waals surface area contributed by atoms with E-state index in [4.69, 9.17) is 11.6 Å². The zero-order chi connectivity index (χ0) is 12.8. The lowest BCUT2D eigenvalue weighted by Gasteiger charge is -2.06. The molecular formula is C14H13ClN2O. The summed E-state index contributed by atoms with van der Waals surface area (Å²) in [7, 11) is 0. The van der Waals surface area contributed by atoms with Crippen LogP contribution in [0.4, 0.5) is 5.69 Å². The highest BCUT2D eigenvalue weighted by molar-refractivity contribution is 6.18. The number of nitrogens with one attached hydrogen (secondary N) is 1. The molecule has 0 aliphatic rings. The normalized spacial score (nSPS) is 10.1. The lowest BCUT2D eigenvalue weighted by Crippen LogP contribution is -2.11. The van der Waals surface area contributed by atoms with Gasteiger partial charge in [-0.25, -0.2) is 0 Å². The molecule has 4 heteroatoms. The van der Waals surface area contributed by atoms with Crippen LogP contribution in [0.15, 0.2) is 48.8 Å². The van der Waals surface area contributed by atoms with E-state index >= 15 is 0 Å². The molecule has 0 unspecified atom stereocenters. The van der Waals surface area contributed by atoms with Crippen LogP contribution >= 0.6 is 11.6 Å². The number of aryl methyl sites for hydroxylation is 1. The number of amides is 1. The molecular weight excluding hydrogens is 248 g/mol. The molecule has 0 bridgehead atoms. The third-order valence-corrected chi connectivity index (χ3v) is 2.73. The molecule has 18 heavy (non-hydrogen) atoms. The summed E-state index contributed by atoms with van der Waals surface area (Å²) in [6.07, 6.45) is 4.02. The maximum absolute atomic E-state index is 11.9. The Morgan fingerprint density at radius 3 is 2.39 bits per heavy atom. The van der Waals surface area contributed by atoms with Crippen LogP contribution in [0.2, 0.25) is 0 Å². The average Bonchev–Trinajstić information content (AvgIpc) is 2.42. The van der Waals surface area contributed by atoms with Crippen molar-refractivity contribution in [1.29, 1.82) is 0 Å². The summed E-state index contributed by atoms with van der Waals surface area (Å²) in [4.78, 5) is 15.7. The molecule has 2 aromatic rings. The monoisotopic (exact) mass is 260 g/mol. The molecule has 0 saturated carbocycles. The summed E-state index contributed by atoms with van der Waals surface area (Å²) >= 11 is 5.66. The van der Waals surface area contributed by atoms with Crippen LogP contribution in [0.3, 0.4) is 0 Å². The van der Waals surface area contributed by atoms with Crippen molar-refractivity contribution in [3.8, 4) is 0 Å². The van der Waals surface area contributed by atoms with Crippen LogP contribution in [0.1, 0.15) is 15.9 Å². The van der Waals surface area contributed by atoms with Gasteiger partial charge in [0.15, 0.2) is 0 Å². The second-order valence-corrected chi connectivity index (χ2v) is 4.20. The van der Waals surface area contributed by atoms with Crippen molar-refractivity contribution in [2.24, 2.45) is 0 Å². The van der Waals surface area contributed by atoms with Crippen molar-refractivity contribution in [1.82, 2.24) is 4.98 Å². The third kappa shape index (κ3) is 3.31. The van der Waals surface area contributed by atoms with Crippen LogP contribution in [-0.4, -0.2) is 16.8 Å². The van der Waals surface area contributed by atoms with Gasteiger partial charge in [-0.05, 0) is 36.2 Å². The van der Waals surface area contributed by atoms with E-state index in [-0.39, 0.29) is 5.91 Å². The van der Waals surface area contributed by atoms with Gasteiger partial charge in [0, 0.05) is 29.5 Å². The maximum Gasteiger partial charge on any atom is 0.255 e. The summed E-state index contributed by atoms with van der Waals surface area (Å²) in [6.45, 7) is 0. The Kier molecular flexibility index (Phi) is 4.31. The number of pyridine rings is 1. The topological polar surface area (TPSA) is 42.0 Å². The number of hydrogen-bond donors (Lipinski definition) is 1. The summed E-state index contributed by atoms with van der Waals surface area (Å²) in [5.74, 6) is 0.463. The van der Waals surface area contributed by atoms with Crippen LogP contribution in [-0.2, 0) is 6.42 Å². The molecule has 0 aliphatic carbocycles. The molecule has 92 valence electrons. The zero-order valence-electron chi connectivity index (χ0n) is 9.77. The fraction of sp³-hybridized carbons (Fsp3) is 0.143. The minimum Gasteiger partial charge on any atom is -0.322 e. The van der Waals surface area contributed by atoms with Gasteiger partial charge in [-0.3, -0.25) is 9.78 Å². The number of rotatable bonds is 4. The minimum absolute atomic E-state index is 0.137. The van der Waals surface area contributed by atoms with Crippen LogP contribution < -0.4 is 5.32 Å². The van der Waals surface area contributed by atoms with E-state index in [1.807, 2.05) is 24.3 Å². The zero-order valence-corrected chi connectivity index (χ0v) is 10.5. The van der Waals surface area contributed by atoms with Gasteiger partial charge in [-0.15, -0.1) is 11.6 Å². The lowest BCUT2D eigenvalue weighted by atomic mass is 10.1. The van der Waals surface area contributed by atoms with Gasteiger partial charge in [0.05, 0.1) is 0 Å². The number of nitrogens with zero attached hydrogens (tertiary/aromatic N) is 1.